The first kappa shape index (κ1) is 18.0. The molecule has 0 bridgehead atoms. The number of aromatic hydroxyl groups is 1. The standard InChI is InChI=1S/C19H17BrN2O4/c1-11-3-5-12(6-4-11)10-22-18(24)15(21-19(22)25)8-13-7-14(20)9-16(26-2)17(13)23/h3-9,23H,10H2,1-2H3,(H,21,25)/b15-8+. The Labute approximate surface area is 159 Å². The van der Waals surface area contributed by atoms with Crippen LogP contribution in [-0.4, -0.2) is 29.1 Å². The zero-order valence-electron chi connectivity index (χ0n) is 14.2. The van der Waals surface area contributed by atoms with Crippen molar-refractivity contribution >= 4 is 33.9 Å². The van der Waals surface area contributed by atoms with Crippen molar-refractivity contribution in [3.8, 4) is 11.5 Å². The number of rotatable bonds is 4. The van der Waals surface area contributed by atoms with Crippen LogP contribution < -0.4 is 10.1 Å². The molecule has 0 atom stereocenters. The highest BCUT2D eigenvalue weighted by atomic mass is 79.9. The maximum atomic E-state index is 12.6. The molecule has 6 nitrogen and oxygen atoms in total. The molecule has 26 heavy (non-hydrogen) atoms. The maximum Gasteiger partial charge on any atom is 0.329 e. The van der Waals surface area contributed by atoms with E-state index in [4.69, 9.17) is 4.74 Å². The molecule has 1 aliphatic heterocycles. The number of carbonyl (C=O) groups excluding carboxylic acids is 2. The van der Waals surface area contributed by atoms with Gasteiger partial charge in [-0.25, -0.2) is 4.79 Å². The summed E-state index contributed by atoms with van der Waals surface area (Å²) in [5.41, 5.74) is 2.41. The Morgan fingerprint density at radius 1 is 1.23 bits per heavy atom. The van der Waals surface area contributed by atoms with Gasteiger partial charge in [-0.1, -0.05) is 45.8 Å². The van der Waals surface area contributed by atoms with E-state index < -0.39 is 11.9 Å². The van der Waals surface area contributed by atoms with Gasteiger partial charge in [-0.2, -0.15) is 0 Å². The molecule has 0 saturated carbocycles. The first-order valence-corrected chi connectivity index (χ1v) is 8.65. The minimum absolute atomic E-state index is 0.0950. The van der Waals surface area contributed by atoms with Crippen LogP contribution in [0, 0.1) is 6.92 Å². The fraction of sp³-hybridized carbons (Fsp3) is 0.158. The molecule has 134 valence electrons. The lowest BCUT2D eigenvalue weighted by molar-refractivity contribution is -0.123. The van der Waals surface area contributed by atoms with Gasteiger partial charge in [0.1, 0.15) is 5.70 Å². The van der Waals surface area contributed by atoms with Crippen molar-refractivity contribution in [1.82, 2.24) is 10.2 Å². The zero-order chi connectivity index (χ0) is 18.8. The Hall–Kier alpha value is -2.80. The number of hydrogen-bond acceptors (Lipinski definition) is 4. The monoisotopic (exact) mass is 416 g/mol. The van der Waals surface area contributed by atoms with Gasteiger partial charge in [0, 0.05) is 10.0 Å². The average molecular weight is 417 g/mol. The summed E-state index contributed by atoms with van der Waals surface area (Å²) in [5, 5.41) is 12.8. The third kappa shape index (κ3) is 3.57. The Morgan fingerprint density at radius 3 is 2.58 bits per heavy atom. The van der Waals surface area contributed by atoms with Gasteiger partial charge in [0.25, 0.3) is 5.91 Å². The molecular formula is C19H17BrN2O4. The van der Waals surface area contributed by atoms with Crippen molar-refractivity contribution in [1.29, 1.82) is 0 Å². The van der Waals surface area contributed by atoms with Crippen LogP contribution in [0.15, 0.2) is 46.6 Å². The smallest absolute Gasteiger partial charge is 0.329 e. The minimum Gasteiger partial charge on any atom is -0.504 e. The molecule has 3 amide bonds. The third-order valence-corrected chi connectivity index (χ3v) is 4.47. The van der Waals surface area contributed by atoms with Crippen molar-refractivity contribution in [3.63, 3.8) is 0 Å². The number of carbonyl (C=O) groups is 2. The van der Waals surface area contributed by atoms with Gasteiger partial charge in [-0.05, 0) is 30.7 Å². The number of imide groups is 1. The highest BCUT2D eigenvalue weighted by Crippen LogP contribution is 2.35. The first-order chi connectivity index (χ1) is 12.4. The van der Waals surface area contributed by atoms with Crippen LogP contribution in [0.2, 0.25) is 0 Å². The Morgan fingerprint density at radius 2 is 1.92 bits per heavy atom. The molecule has 0 aliphatic carbocycles. The number of methoxy groups -OCH3 is 1. The fourth-order valence-electron chi connectivity index (χ4n) is 2.61. The van der Waals surface area contributed by atoms with Crippen molar-refractivity contribution < 1.29 is 19.4 Å². The number of amides is 3. The molecule has 0 radical (unpaired) electrons. The van der Waals surface area contributed by atoms with Gasteiger partial charge in [0.05, 0.1) is 13.7 Å². The predicted molar refractivity (Wildman–Crippen MR) is 101 cm³/mol. The second kappa shape index (κ2) is 7.21. The number of phenols is 1. The van der Waals surface area contributed by atoms with E-state index in [9.17, 15) is 14.7 Å². The van der Waals surface area contributed by atoms with Crippen LogP contribution in [0.3, 0.4) is 0 Å². The highest BCUT2D eigenvalue weighted by molar-refractivity contribution is 9.10. The normalized spacial score (nSPS) is 15.5. The van der Waals surface area contributed by atoms with E-state index in [1.165, 1.54) is 13.2 Å². The Kier molecular flexibility index (Phi) is 4.99. The number of benzene rings is 2. The van der Waals surface area contributed by atoms with Gasteiger partial charge in [0.15, 0.2) is 11.5 Å². The first-order valence-electron chi connectivity index (χ1n) is 7.85. The quantitative estimate of drug-likeness (QED) is 0.589. The number of hydrogen-bond donors (Lipinski definition) is 2. The SMILES string of the molecule is COc1cc(Br)cc(/C=C2/NC(=O)N(Cc3ccc(C)cc3)C2=O)c1O. The molecule has 2 aromatic carbocycles. The summed E-state index contributed by atoms with van der Waals surface area (Å²) in [7, 11) is 1.43. The van der Waals surface area contributed by atoms with Crippen LogP contribution in [0.1, 0.15) is 16.7 Å². The largest absolute Gasteiger partial charge is 0.504 e. The number of aryl methyl sites for hydroxylation is 1. The molecule has 0 aromatic heterocycles. The van der Waals surface area contributed by atoms with Crippen LogP contribution in [-0.2, 0) is 11.3 Å². The second-order valence-corrected chi connectivity index (χ2v) is 6.83. The highest BCUT2D eigenvalue weighted by Gasteiger charge is 2.33. The number of nitrogens with one attached hydrogen (secondary N) is 1. The summed E-state index contributed by atoms with van der Waals surface area (Å²) in [6.07, 6.45) is 1.43. The lowest BCUT2D eigenvalue weighted by Gasteiger charge is -2.12. The number of halogens is 1. The molecule has 3 rings (SSSR count). The molecule has 1 fully saturated rings. The predicted octanol–water partition coefficient (Wildman–Crippen LogP) is 3.56. The summed E-state index contributed by atoms with van der Waals surface area (Å²) < 4.78 is 5.77. The molecule has 1 aliphatic rings. The number of urea groups is 1. The molecular weight excluding hydrogens is 400 g/mol. The van der Waals surface area contributed by atoms with Crippen molar-refractivity contribution in [2.75, 3.05) is 7.11 Å². The summed E-state index contributed by atoms with van der Waals surface area (Å²) in [5.74, 6) is -0.296. The summed E-state index contributed by atoms with van der Waals surface area (Å²) in [6, 6.07) is 10.4. The van der Waals surface area contributed by atoms with Gasteiger partial charge in [0.2, 0.25) is 0 Å². The van der Waals surface area contributed by atoms with E-state index in [0.717, 1.165) is 16.0 Å². The van der Waals surface area contributed by atoms with Crippen LogP contribution in [0.25, 0.3) is 6.08 Å². The van der Waals surface area contributed by atoms with E-state index in [1.54, 1.807) is 12.1 Å². The molecule has 0 unspecified atom stereocenters. The van der Waals surface area contributed by atoms with Crippen LogP contribution in [0.4, 0.5) is 4.79 Å². The summed E-state index contributed by atoms with van der Waals surface area (Å²) >= 11 is 3.32. The van der Waals surface area contributed by atoms with Gasteiger partial charge in [-0.15, -0.1) is 0 Å². The van der Waals surface area contributed by atoms with Gasteiger partial charge >= 0.3 is 6.03 Å². The lowest BCUT2D eigenvalue weighted by Crippen LogP contribution is -2.30. The van der Waals surface area contributed by atoms with E-state index in [1.807, 2.05) is 31.2 Å². The summed E-state index contributed by atoms with van der Waals surface area (Å²) in [6.45, 7) is 2.15. The molecule has 1 saturated heterocycles. The van der Waals surface area contributed by atoms with Crippen LogP contribution in [0.5, 0.6) is 11.5 Å². The zero-order valence-corrected chi connectivity index (χ0v) is 15.8. The van der Waals surface area contributed by atoms with Gasteiger partial charge < -0.3 is 15.2 Å². The van der Waals surface area contributed by atoms with E-state index in [-0.39, 0.29) is 23.7 Å². The van der Waals surface area contributed by atoms with Crippen molar-refractivity contribution in [3.05, 3.63) is 63.3 Å². The molecule has 2 N–H and O–H groups in total. The second-order valence-electron chi connectivity index (χ2n) is 5.91. The molecule has 1 heterocycles. The Balaban J connectivity index is 1.88. The maximum absolute atomic E-state index is 12.6. The van der Waals surface area contributed by atoms with Crippen molar-refractivity contribution in [2.24, 2.45) is 0 Å². The van der Waals surface area contributed by atoms with Crippen molar-refractivity contribution in [2.45, 2.75) is 13.5 Å². The molecule has 2 aromatic rings. The minimum atomic E-state index is -0.497. The van der Waals surface area contributed by atoms with E-state index in [0.29, 0.717) is 10.0 Å². The lowest BCUT2D eigenvalue weighted by atomic mass is 10.1. The third-order valence-electron chi connectivity index (χ3n) is 4.01. The van der Waals surface area contributed by atoms with Crippen LogP contribution >= 0.6 is 15.9 Å². The number of nitrogens with zero attached hydrogens (tertiary/aromatic N) is 1. The number of phenolic OH excluding ortho intramolecular Hbond substituents is 1. The van der Waals surface area contributed by atoms with Gasteiger partial charge in [-0.3, -0.25) is 9.69 Å². The molecule has 0 spiro atoms. The topological polar surface area (TPSA) is 78.9 Å². The fourth-order valence-corrected chi connectivity index (χ4v) is 3.06. The van der Waals surface area contributed by atoms with E-state index in [2.05, 4.69) is 21.2 Å². The average Bonchev–Trinajstić information content (AvgIpc) is 2.87. The molecule has 7 heteroatoms. The van der Waals surface area contributed by atoms with E-state index >= 15 is 0 Å². The Bertz CT molecular complexity index is 907. The number of ether oxygens (including phenoxy) is 1. The summed E-state index contributed by atoms with van der Waals surface area (Å²) in [4.78, 5) is 25.9.